The average Bonchev–Trinajstić information content (AvgIpc) is 2.69. The van der Waals surface area contributed by atoms with E-state index in [9.17, 15) is 0 Å². The van der Waals surface area contributed by atoms with Gasteiger partial charge in [-0.3, -0.25) is 4.99 Å². The minimum absolute atomic E-state index is 0.0229. The van der Waals surface area contributed by atoms with Crippen molar-refractivity contribution in [3.05, 3.63) is 36.1 Å². The van der Waals surface area contributed by atoms with Crippen LogP contribution in [0.5, 0.6) is 5.75 Å². The van der Waals surface area contributed by atoms with Gasteiger partial charge in [-0.2, -0.15) is 0 Å². The standard InChI is InChI=1S/C17H23NO3/c1-12(21-19)7-5-6-10-20-14-8-9-16-15(11-14)17(3,4)13(2)18-16/h8-9,11,19H,1,5-7,10H2,2-4H3. The third kappa shape index (κ3) is 3.45. The zero-order valence-corrected chi connectivity index (χ0v) is 13.0. The molecule has 4 heteroatoms. The average molecular weight is 289 g/mol. The molecule has 0 spiro atoms. The van der Waals surface area contributed by atoms with Crippen LogP contribution < -0.4 is 4.74 Å². The maximum Gasteiger partial charge on any atom is 0.135 e. The lowest BCUT2D eigenvalue weighted by Crippen LogP contribution is -2.22. The molecule has 0 saturated heterocycles. The van der Waals surface area contributed by atoms with Gasteiger partial charge in [-0.1, -0.05) is 20.4 Å². The second-order valence-corrected chi connectivity index (χ2v) is 5.94. The molecule has 1 heterocycles. The van der Waals surface area contributed by atoms with Crippen molar-refractivity contribution in [3.63, 3.8) is 0 Å². The summed E-state index contributed by atoms with van der Waals surface area (Å²) in [4.78, 5) is 8.65. The fraction of sp³-hybridized carbons (Fsp3) is 0.471. The molecule has 1 N–H and O–H groups in total. The molecule has 0 aliphatic carbocycles. The van der Waals surface area contributed by atoms with Gasteiger partial charge in [0.2, 0.25) is 0 Å². The van der Waals surface area contributed by atoms with Crippen molar-refractivity contribution in [3.8, 4) is 5.75 Å². The summed E-state index contributed by atoms with van der Waals surface area (Å²) in [7, 11) is 0. The van der Waals surface area contributed by atoms with E-state index in [4.69, 9.17) is 9.99 Å². The minimum atomic E-state index is -0.0229. The summed E-state index contributed by atoms with van der Waals surface area (Å²) in [6.07, 6.45) is 2.40. The van der Waals surface area contributed by atoms with Crippen molar-refractivity contribution in [2.75, 3.05) is 6.61 Å². The first-order chi connectivity index (χ1) is 9.95. The topological polar surface area (TPSA) is 51.0 Å². The smallest absolute Gasteiger partial charge is 0.135 e. The maximum absolute atomic E-state index is 8.39. The molecule has 114 valence electrons. The Bertz CT molecular complexity index is 561. The third-order valence-corrected chi connectivity index (χ3v) is 4.08. The van der Waals surface area contributed by atoms with Crippen molar-refractivity contribution in [1.82, 2.24) is 0 Å². The number of hydrogen-bond acceptors (Lipinski definition) is 4. The number of benzene rings is 1. The molecule has 0 radical (unpaired) electrons. The number of rotatable bonds is 7. The van der Waals surface area contributed by atoms with E-state index in [2.05, 4.69) is 43.3 Å². The Balaban J connectivity index is 1.87. The number of fused-ring (bicyclic) bond motifs is 1. The molecular weight excluding hydrogens is 266 g/mol. The Hall–Kier alpha value is -1.81. The van der Waals surface area contributed by atoms with Gasteiger partial charge in [-0.25, -0.2) is 5.26 Å². The third-order valence-electron chi connectivity index (χ3n) is 4.08. The molecule has 2 rings (SSSR count). The van der Waals surface area contributed by atoms with E-state index in [-0.39, 0.29) is 5.41 Å². The molecule has 0 atom stereocenters. The number of ether oxygens (including phenoxy) is 1. The zero-order valence-electron chi connectivity index (χ0n) is 13.0. The summed E-state index contributed by atoms with van der Waals surface area (Å²) >= 11 is 0. The fourth-order valence-electron chi connectivity index (χ4n) is 2.38. The largest absolute Gasteiger partial charge is 0.494 e. The summed E-state index contributed by atoms with van der Waals surface area (Å²) in [6.45, 7) is 10.6. The quantitative estimate of drug-likeness (QED) is 0.345. The monoisotopic (exact) mass is 289 g/mol. The normalized spacial score (nSPS) is 15.3. The van der Waals surface area contributed by atoms with E-state index in [0.29, 0.717) is 18.8 Å². The molecule has 0 bridgehead atoms. The van der Waals surface area contributed by atoms with Gasteiger partial charge in [0.05, 0.1) is 12.3 Å². The Morgan fingerprint density at radius 2 is 2.10 bits per heavy atom. The van der Waals surface area contributed by atoms with E-state index in [0.717, 1.165) is 30.0 Å². The summed E-state index contributed by atoms with van der Waals surface area (Å²) in [5, 5.41) is 8.39. The molecule has 1 aromatic carbocycles. The van der Waals surface area contributed by atoms with Crippen LogP contribution in [0.4, 0.5) is 5.69 Å². The number of aliphatic imine (C=N–C) groups is 1. The van der Waals surface area contributed by atoms with Crippen molar-refractivity contribution in [1.29, 1.82) is 0 Å². The van der Waals surface area contributed by atoms with Crippen LogP contribution in [0.3, 0.4) is 0 Å². The van der Waals surface area contributed by atoms with Crippen molar-refractivity contribution >= 4 is 11.4 Å². The van der Waals surface area contributed by atoms with Gasteiger partial charge in [0.25, 0.3) is 0 Å². The summed E-state index contributed by atoms with van der Waals surface area (Å²) in [5.41, 5.74) is 3.38. The Morgan fingerprint density at radius 1 is 1.33 bits per heavy atom. The van der Waals surface area contributed by atoms with Crippen molar-refractivity contribution < 1.29 is 14.9 Å². The van der Waals surface area contributed by atoms with Gasteiger partial charge in [0.1, 0.15) is 11.5 Å². The van der Waals surface area contributed by atoms with Crippen molar-refractivity contribution in [2.24, 2.45) is 4.99 Å². The Labute approximate surface area is 126 Å². The molecular formula is C17H23NO3. The highest BCUT2D eigenvalue weighted by molar-refractivity contribution is 5.99. The maximum atomic E-state index is 8.39. The second-order valence-electron chi connectivity index (χ2n) is 5.94. The van der Waals surface area contributed by atoms with Gasteiger partial charge in [0.15, 0.2) is 0 Å². The Morgan fingerprint density at radius 3 is 2.81 bits per heavy atom. The Kier molecular flexibility index (Phi) is 4.68. The first kappa shape index (κ1) is 15.6. The first-order valence-corrected chi connectivity index (χ1v) is 7.27. The minimum Gasteiger partial charge on any atom is -0.494 e. The molecule has 0 fully saturated rings. The lowest BCUT2D eigenvalue weighted by atomic mass is 9.82. The molecule has 1 aliphatic rings. The van der Waals surface area contributed by atoms with Gasteiger partial charge in [0, 0.05) is 17.5 Å². The van der Waals surface area contributed by atoms with Gasteiger partial charge >= 0.3 is 0 Å². The predicted octanol–water partition coefficient (Wildman–Crippen LogP) is 4.62. The zero-order chi connectivity index (χ0) is 15.5. The molecule has 0 amide bonds. The summed E-state index contributed by atoms with van der Waals surface area (Å²) in [5.74, 6) is 1.27. The van der Waals surface area contributed by atoms with Gasteiger partial charge in [-0.15, -0.1) is 0 Å². The van der Waals surface area contributed by atoms with E-state index >= 15 is 0 Å². The molecule has 4 nitrogen and oxygen atoms in total. The van der Waals surface area contributed by atoms with Crippen LogP contribution in [0.2, 0.25) is 0 Å². The second kappa shape index (κ2) is 6.31. The van der Waals surface area contributed by atoms with Crippen LogP contribution >= 0.6 is 0 Å². The lowest BCUT2D eigenvalue weighted by molar-refractivity contribution is -0.205. The molecule has 21 heavy (non-hydrogen) atoms. The summed E-state index contributed by atoms with van der Waals surface area (Å²) in [6, 6.07) is 6.07. The molecule has 0 aromatic heterocycles. The molecule has 1 aliphatic heterocycles. The van der Waals surface area contributed by atoms with E-state index in [1.165, 1.54) is 5.56 Å². The van der Waals surface area contributed by atoms with Crippen molar-refractivity contribution in [2.45, 2.75) is 45.4 Å². The number of nitrogens with zero attached hydrogens (tertiary/aromatic N) is 1. The highest BCUT2D eigenvalue weighted by Gasteiger charge is 2.32. The molecule has 0 saturated carbocycles. The fourth-order valence-corrected chi connectivity index (χ4v) is 2.38. The van der Waals surface area contributed by atoms with Gasteiger partial charge < -0.3 is 9.62 Å². The van der Waals surface area contributed by atoms with Crippen LogP contribution in [-0.4, -0.2) is 17.6 Å². The van der Waals surface area contributed by atoms with Crippen LogP contribution in [-0.2, 0) is 10.3 Å². The summed E-state index contributed by atoms with van der Waals surface area (Å²) < 4.78 is 5.79. The number of hydrogen-bond donors (Lipinski definition) is 1. The van der Waals surface area contributed by atoms with Crippen LogP contribution in [0.25, 0.3) is 0 Å². The number of allylic oxidation sites excluding steroid dienone is 1. The van der Waals surface area contributed by atoms with E-state index in [1.807, 2.05) is 12.1 Å². The first-order valence-electron chi connectivity index (χ1n) is 7.27. The lowest BCUT2D eigenvalue weighted by Gasteiger charge is -2.20. The van der Waals surface area contributed by atoms with Gasteiger partial charge in [-0.05, 0) is 43.5 Å². The molecule has 1 aromatic rings. The van der Waals surface area contributed by atoms with E-state index < -0.39 is 0 Å². The highest BCUT2D eigenvalue weighted by atomic mass is 17.1. The SMILES string of the molecule is C=C(CCCCOc1ccc2c(c1)C(C)(C)C(C)=N2)OO. The number of unbranched alkanes of at least 4 members (excludes halogenated alkanes) is 1. The molecule has 0 unspecified atom stereocenters. The van der Waals surface area contributed by atoms with Crippen LogP contribution in [0, 0.1) is 0 Å². The predicted molar refractivity (Wildman–Crippen MR) is 84.4 cm³/mol. The van der Waals surface area contributed by atoms with E-state index in [1.54, 1.807) is 0 Å². The van der Waals surface area contributed by atoms with Crippen LogP contribution in [0.15, 0.2) is 35.5 Å². The highest BCUT2D eigenvalue weighted by Crippen LogP contribution is 2.41. The van der Waals surface area contributed by atoms with Crippen LogP contribution in [0.1, 0.15) is 45.6 Å².